The number of anilines is 1. The molecule has 2 atom stereocenters. The average molecular weight is 488 g/mol. The molecule has 1 heterocycles. The summed E-state index contributed by atoms with van der Waals surface area (Å²) in [6.45, 7) is 4.50. The number of thioether (sulfide) groups is 1. The molecule has 0 saturated carbocycles. The van der Waals surface area contributed by atoms with Crippen molar-refractivity contribution in [1.82, 2.24) is 10.2 Å². The van der Waals surface area contributed by atoms with Gasteiger partial charge < -0.3 is 15.5 Å². The SMILES string of the molecule is CC[C@@H](C)NC(=O)c1ccccc1NC(=O)c1ccc([C@H]2SCC(=O)N2Cc2ccccc2)cc1. The fraction of sp³-hybridized carbons (Fsp3) is 0.250. The van der Waals surface area contributed by atoms with Crippen LogP contribution in [0.2, 0.25) is 0 Å². The number of hydrogen-bond acceptors (Lipinski definition) is 4. The number of amides is 3. The molecule has 0 spiro atoms. The van der Waals surface area contributed by atoms with Crippen molar-refractivity contribution in [3.05, 3.63) is 101 Å². The lowest BCUT2D eigenvalue weighted by Gasteiger charge is -2.24. The Morgan fingerprint density at radius 2 is 1.66 bits per heavy atom. The van der Waals surface area contributed by atoms with E-state index in [4.69, 9.17) is 0 Å². The molecule has 1 fully saturated rings. The fourth-order valence-electron chi connectivity index (χ4n) is 3.87. The van der Waals surface area contributed by atoms with Crippen molar-refractivity contribution in [1.29, 1.82) is 0 Å². The summed E-state index contributed by atoms with van der Waals surface area (Å²) in [6, 6.07) is 24.3. The van der Waals surface area contributed by atoms with E-state index in [1.54, 1.807) is 48.2 Å². The maximum Gasteiger partial charge on any atom is 0.255 e. The lowest BCUT2D eigenvalue weighted by Crippen LogP contribution is -2.32. The molecule has 1 aliphatic rings. The second-order valence-corrected chi connectivity index (χ2v) is 9.64. The van der Waals surface area contributed by atoms with E-state index in [1.165, 1.54) is 0 Å². The van der Waals surface area contributed by atoms with Crippen molar-refractivity contribution in [3.63, 3.8) is 0 Å². The van der Waals surface area contributed by atoms with Gasteiger partial charge in [-0.25, -0.2) is 0 Å². The van der Waals surface area contributed by atoms with Gasteiger partial charge in [0, 0.05) is 18.2 Å². The van der Waals surface area contributed by atoms with Crippen LogP contribution in [0.3, 0.4) is 0 Å². The molecule has 7 heteroatoms. The molecule has 180 valence electrons. The van der Waals surface area contributed by atoms with Gasteiger partial charge in [-0.1, -0.05) is 61.5 Å². The third-order valence-corrected chi connectivity index (χ3v) is 7.29. The molecule has 0 unspecified atom stereocenters. The number of carbonyl (C=O) groups is 3. The first-order valence-electron chi connectivity index (χ1n) is 11.7. The first-order valence-corrected chi connectivity index (χ1v) is 12.8. The van der Waals surface area contributed by atoms with Crippen LogP contribution in [0.1, 0.15) is 57.5 Å². The highest BCUT2D eigenvalue weighted by Gasteiger charge is 2.32. The largest absolute Gasteiger partial charge is 0.350 e. The summed E-state index contributed by atoms with van der Waals surface area (Å²) < 4.78 is 0. The van der Waals surface area contributed by atoms with Gasteiger partial charge in [0.05, 0.1) is 17.0 Å². The predicted octanol–water partition coefficient (Wildman–Crippen LogP) is 5.24. The number of nitrogens with zero attached hydrogens (tertiary/aromatic N) is 1. The molecular weight excluding hydrogens is 458 g/mol. The molecule has 0 aromatic heterocycles. The zero-order chi connectivity index (χ0) is 24.8. The Labute approximate surface area is 210 Å². The van der Waals surface area contributed by atoms with Crippen molar-refractivity contribution in [2.45, 2.75) is 38.2 Å². The van der Waals surface area contributed by atoms with Crippen LogP contribution in [0.25, 0.3) is 0 Å². The molecule has 35 heavy (non-hydrogen) atoms. The molecule has 6 nitrogen and oxygen atoms in total. The Morgan fingerprint density at radius 1 is 0.971 bits per heavy atom. The Hall–Kier alpha value is -3.58. The minimum absolute atomic E-state index is 0.0422. The van der Waals surface area contributed by atoms with Crippen molar-refractivity contribution < 1.29 is 14.4 Å². The Balaban J connectivity index is 1.46. The van der Waals surface area contributed by atoms with Crippen LogP contribution >= 0.6 is 11.8 Å². The van der Waals surface area contributed by atoms with Crippen LogP contribution in [0.4, 0.5) is 5.69 Å². The first kappa shape index (κ1) is 24.5. The normalized spacial score (nSPS) is 16.1. The first-order chi connectivity index (χ1) is 17.0. The number of carbonyl (C=O) groups excluding carboxylic acids is 3. The average Bonchev–Trinajstić information content (AvgIpc) is 3.24. The Morgan fingerprint density at radius 3 is 2.37 bits per heavy atom. The summed E-state index contributed by atoms with van der Waals surface area (Å²) in [5, 5.41) is 5.71. The van der Waals surface area contributed by atoms with Gasteiger partial charge in [-0.05, 0) is 48.7 Å². The van der Waals surface area contributed by atoms with Gasteiger partial charge in [0.1, 0.15) is 5.37 Å². The monoisotopic (exact) mass is 487 g/mol. The second-order valence-electron chi connectivity index (χ2n) is 8.58. The lowest BCUT2D eigenvalue weighted by atomic mass is 10.1. The van der Waals surface area contributed by atoms with Gasteiger partial charge in [-0.2, -0.15) is 0 Å². The van der Waals surface area contributed by atoms with E-state index in [9.17, 15) is 14.4 Å². The number of rotatable bonds is 8. The third-order valence-electron chi connectivity index (χ3n) is 6.03. The summed E-state index contributed by atoms with van der Waals surface area (Å²) in [5.41, 5.74) is 3.43. The van der Waals surface area contributed by atoms with Crippen molar-refractivity contribution in [3.8, 4) is 0 Å². The maximum absolute atomic E-state index is 12.9. The smallest absolute Gasteiger partial charge is 0.255 e. The molecule has 0 aliphatic carbocycles. The van der Waals surface area contributed by atoms with Crippen LogP contribution in [0, 0.1) is 0 Å². The van der Waals surface area contributed by atoms with E-state index in [-0.39, 0.29) is 29.1 Å². The van der Waals surface area contributed by atoms with Gasteiger partial charge in [0.25, 0.3) is 11.8 Å². The molecule has 3 aromatic carbocycles. The lowest BCUT2D eigenvalue weighted by molar-refractivity contribution is -0.128. The number of benzene rings is 3. The van der Waals surface area contributed by atoms with Crippen molar-refractivity contribution in [2.24, 2.45) is 0 Å². The fourth-order valence-corrected chi connectivity index (χ4v) is 5.06. The summed E-state index contributed by atoms with van der Waals surface area (Å²) in [5.74, 6) is 0.0384. The van der Waals surface area contributed by atoms with Gasteiger partial charge in [-0.15, -0.1) is 11.8 Å². The van der Waals surface area contributed by atoms with Gasteiger partial charge in [0.15, 0.2) is 0 Å². The van der Waals surface area contributed by atoms with Crippen LogP contribution < -0.4 is 10.6 Å². The van der Waals surface area contributed by atoms with Crippen LogP contribution in [0.5, 0.6) is 0 Å². The summed E-state index contributed by atoms with van der Waals surface area (Å²) in [6.07, 6.45) is 0.820. The standard InChI is InChI=1S/C28H29N3O3S/c1-3-19(2)29-27(34)23-11-7-8-12-24(23)30-26(33)21-13-15-22(16-14-21)28-31(25(32)18-35-28)17-20-9-5-4-6-10-20/h4-16,19,28H,3,17-18H2,1-2H3,(H,29,34)(H,30,33)/t19-,28-/m1/s1. The molecule has 0 bridgehead atoms. The summed E-state index contributed by atoms with van der Waals surface area (Å²) >= 11 is 1.59. The van der Waals surface area contributed by atoms with E-state index in [0.717, 1.165) is 17.5 Å². The number of hydrogen-bond donors (Lipinski definition) is 2. The molecule has 2 N–H and O–H groups in total. The van der Waals surface area contributed by atoms with E-state index in [0.29, 0.717) is 29.1 Å². The summed E-state index contributed by atoms with van der Waals surface area (Å²) in [4.78, 5) is 40.0. The van der Waals surface area contributed by atoms with Gasteiger partial charge >= 0.3 is 0 Å². The van der Waals surface area contributed by atoms with E-state index >= 15 is 0 Å². The topological polar surface area (TPSA) is 78.5 Å². The van der Waals surface area contributed by atoms with Crippen LogP contribution in [-0.2, 0) is 11.3 Å². The van der Waals surface area contributed by atoms with Gasteiger partial charge in [0.2, 0.25) is 5.91 Å². The quantitative estimate of drug-likeness (QED) is 0.455. The molecule has 1 saturated heterocycles. The summed E-state index contributed by atoms with van der Waals surface area (Å²) in [7, 11) is 0. The minimum atomic E-state index is -0.295. The molecule has 4 rings (SSSR count). The van der Waals surface area contributed by atoms with Gasteiger partial charge in [-0.3, -0.25) is 14.4 Å². The van der Waals surface area contributed by atoms with Crippen molar-refractivity contribution in [2.75, 3.05) is 11.1 Å². The highest BCUT2D eigenvalue weighted by atomic mass is 32.2. The highest BCUT2D eigenvalue weighted by Crippen LogP contribution is 2.39. The van der Waals surface area contributed by atoms with E-state index < -0.39 is 0 Å². The zero-order valence-corrected chi connectivity index (χ0v) is 20.7. The number of nitrogens with one attached hydrogen (secondary N) is 2. The van der Waals surface area contributed by atoms with Crippen LogP contribution in [0.15, 0.2) is 78.9 Å². The highest BCUT2D eigenvalue weighted by molar-refractivity contribution is 8.00. The number of para-hydroxylation sites is 1. The predicted molar refractivity (Wildman–Crippen MR) is 140 cm³/mol. The molecule has 3 aromatic rings. The van der Waals surface area contributed by atoms with Crippen LogP contribution in [-0.4, -0.2) is 34.4 Å². The van der Waals surface area contributed by atoms with E-state index in [2.05, 4.69) is 10.6 Å². The second kappa shape index (κ2) is 11.2. The molecular formula is C28H29N3O3S. The third kappa shape index (κ3) is 5.92. The molecule has 3 amide bonds. The zero-order valence-electron chi connectivity index (χ0n) is 19.9. The minimum Gasteiger partial charge on any atom is -0.350 e. The van der Waals surface area contributed by atoms with Crippen molar-refractivity contribution >= 4 is 35.2 Å². The van der Waals surface area contributed by atoms with E-state index in [1.807, 2.05) is 61.2 Å². The molecule has 0 radical (unpaired) electrons. The Kier molecular flexibility index (Phi) is 7.87. The Bertz CT molecular complexity index is 1200. The molecule has 1 aliphatic heterocycles. The maximum atomic E-state index is 12.9.